The lowest BCUT2D eigenvalue weighted by Gasteiger charge is -2.14. The van der Waals surface area contributed by atoms with Crippen LogP contribution >= 0.6 is 11.6 Å². The summed E-state index contributed by atoms with van der Waals surface area (Å²) in [5.41, 5.74) is 1.65. The van der Waals surface area contributed by atoms with E-state index < -0.39 is 17.8 Å². The van der Waals surface area contributed by atoms with E-state index in [1.807, 2.05) is 24.3 Å². The molecule has 0 fully saturated rings. The van der Waals surface area contributed by atoms with Crippen molar-refractivity contribution in [3.8, 4) is 0 Å². The highest BCUT2D eigenvalue weighted by molar-refractivity contribution is 6.33. The fourth-order valence-electron chi connectivity index (χ4n) is 2.21. The Morgan fingerprint density at radius 1 is 1.17 bits per heavy atom. The molecule has 0 radical (unpaired) electrons. The first-order valence-corrected chi connectivity index (χ1v) is 7.78. The number of amides is 1. The molecular formula is C18H19ClFNO2. The molecule has 0 aromatic heterocycles. The van der Waals surface area contributed by atoms with Crippen LogP contribution in [0.2, 0.25) is 5.02 Å². The van der Waals surface area contributed by atoms with Gasteiger partial charge in [-0.1, -0.05) is 55.8 Å². The zero-order chi connectivity index (χ0) is 17.0. The van der Waals surface area contributed by atoms with Gasteiger partial charge in [0, 0.05) is 6.54 Å². The third-order valence-corrected chi connectivity index (χ3v) is 3.95. The van der Waals surface area contributed by atoms with E-state index in [0.717, 1.165) is 0 Å². The van der Waals surface area contributed by atoms with Crippen molar-refractivity contribution in [1.82, 2.24) is 5.32 Å². The predicted molar refractivity (Wildman–Crippen MR) is 89.2 cm³/mol. The molecule has 2 N–H and O–H groups in total. The van der Waals surface area contributed by atoms with Gasteiger partial charge in [-0.2, -0.15) is 0 Å². The van der Waals surface area contributed by atoms with E-state index in [1.165, 1.54) is 23.8 Å². The SMILES string of the molecule is CC(C)c1ccc(C(O)CNC(=O)c2c(F)cccc2Cl)cc1. The minimum Gasteiger partial charge on any atom is -0.387 e. The van der Waals surface area contributed by atoms with Crippen molar-refractivity contribution in [3.05, 3.63) is 70.0 Å². The summed E-state index contributed by atoms with van der Waals surface area (Å²) in [7, 11) is 0. The van der Waals surface area contributed by atoms with Crippen LogP contribution in [-0.4, -0.2) is 17.6 Å². The van der Waals surface area contributed by atoms with Crippen molar-refractivity contribution in [1.29, 1.82) is 0 Å². The Morgan fingerprint density at radius 2 is 1.78 bits per heavy atom. The van der Waals surface area contributed by atoms with Gasteiger partial charge in [-0.15, -0.1) is 0 Å². The molecule has 0 aliphatic carbocycles. The second-order valence-electron chi connectivity index (χ2n) is 5.64. The quantitative estimate of drug-likeness (QED) is 0.865. The van der Waals surface area contributed by atoms with Gasteiger partial charge < -0.3 is 10.4 Å². The van der Waals surface area contributed by atoms with Gasteiger partial charge in [0.25, 0.3) is 5.91 Å². The van der Waals surface area contributed by atoms with E-state index in [2.05, 4.69) is 19.2 Å². The third-order valence-electron chi connectivity index (χ3n) is 3.63. The summed E-state index contributed by atoms with van der Waals surface area (Å²) in [5, 5.41) is 12.7. The Balaban J connectivity index is 2.01. The maximum absolute atomic E-state index is 13.7. The summed E-state index contributed by atoms with van der Waals surface area (Å²) in [6.45, 7) is 4.15. The normalized spacial score (nSPS) is 12.3. The molecule has 2 aromatic rings. The highest BCUT2D eigenvalue weighted by atomic mass is 35.5. The summed E-state index contributed by atoms with van der Waals surface area (Å²) >= 11 is 5.84. The molecule has 1 unspecified atom stereocenters. The molecule has 1 atom stereocenters. The van der Waals surface area contributed by atoms with E-state index in [-0.39, 0.29) is 17.1 Å². The Bertz CT molecular complexity index is 666. The molecule has 0 saturated heterocycles. The molecule has 23 heavy (non-hydrogen) atoms. The molecule has 0 aliphatic rings. The van der Waals surface area contributed by atoms with Crippen molar-refractivity contribution in [2.45, 2.75) is 25.9 Å². The molecule has 2 aromatic carbocycles. The van der Waals surface area contributed by atoms with Crippen LogP contribution in [0.5, 0.6) is 0 Å². The van der Waals surface area contributed by atoms with E-state index in [4.69, 9.17) is 11.6 Å². The zero-order valence-corrected chi connectivity index (χ0v) is 13.8. The number of nitrogens with one attached hydrogen (secondary N) is 1. The van der Waals surface area contributed by atoms with Crippen molar-refractivity contribution < 1.29 is 14.3 Å². The Kier molecular flexibility index (Phi) is 5.74. The summed E-state index contributed by atoms with van der Waals surface area (Å²) in [6.07, 6.45) is -0.870. The minimum absolute atomic E-state index is 0.0233. The smallest absolute Gasteiger partial charge is 0.255 e. The lowest BCUT2D eigenvalue weighted by atomic mass is 10.00. The molecule has 0 spiro atoms. The molecule has 0 saturated carbocycles. The maximum atomic E-state index is 13.7. The van der Waals surface area contributed by atoms with Crippen molar-refractivity contribution >= 4 is 17.5 Å². The first-order valence-electron chi connectivity index (χ1n) is 7.40. The van der Waals surface area contributed by atoms with Gasteiger partial charge in [0.05, 0.1) is 16.7 Å². The van der Waals surface area contributed by atoms with Crippen molar-refractivity contribution in [3.63, 3.8) is 0 Å². The number of carbonyl (C=O) groups is 1. The zero-order valence-electron chi connectivity index (χ0n) is 13.0. The van der Waals surface area contributed by atoms with Crippen LogP contribution < -0.4 is 5.32 Å². The monoisotopic (exact) mass is 335 g/mol. The predicted octanol–water partition coefficient (Wildman–Crippen LogP) is 4.07. The number of aliphatic hydroxyl groups excluding tert-OH is 1. The van der Waals surface area contributed by atoms with Crippen LogP contribution in [0.3, 0.4) is 0 Å². The number of hydrogen-bond acceptors (Lipinski definition) is 2. The molecule has 3 nitrogen and oxygen atoms in total. The van der Waals surface area contributed by atoms with Gasteiger partial charge in [-0.25, -0.2) is 4.39 Å². The summed E-state index contributed by atoms with van der Waals surface area (Å²) in [6, 6.07) is 11.6. The van der Waals surface area contributed by atoms with Crippen LogP contribution in [0.1, 0.15) is 47.4 Å². The Labute approximate surface area is 140 Å². The standard InChI is InChI=1S/C18H19ClFNO2/c1-11(2)12-6-8-13(9-7-12)16(22)10-21-18(23)17-14(19)4-3-5-15(17)20/h3-9,11,16,22H,10H2,1-2H3,(H,21,23). The van der Waals surface area contributed by atoms with E-state index >= 15 is 0 Å². The van der Waals surface area contributed by atoms with E-state index in [0.29, 0.717) is 11.5 Å². The van der Waals surface area contributed by atoms with Gasteiger partial charge in [0.1, 0.15) is 5.82 Å². The number of carbonyl (C=O) groups excluding carboxylic acids is 1. The van der Waals surface area contributed by atoms with E-state index in [1.54, 1.807) is 0 Å². The molecule has 0 bridgehead atoms. The average molecular weight is 336 g/mol. The van der Waals surface area contributed by atoms with Crippen LogP contribution in [-0.2, 0) is 0 Å². The largest absolute Gasteiger partial charge is 0.387 e. The Morgan fingerprint density at radius 3 is 2.35 bits per heavy atom. The number of aliphatic hydroxyl groups is 1. The summed E-state index contributed by atoms with van der Waals surface area (Å²) < 4.78 is 13.7. The fraction of sp³-hybridized carbons (Fsp3) is 0.278. The second kappa shape index (κ2) is 7.57. The molecule has 0 heterocycles. The van der Waals surface area contributed by atoms with Gasteiger partial charge in [0.2, 0.25) is 0 Å². The fourth-order valence-corrected chi connectivity index (χ4v) is 2.46. The molecule has 122 valence electrons. The van der Waals surface area contributed by atoms with Gasteiger partial charge >= 0.3 is 0 Å². The summed E-state index contributed by atoms with van der Waals surface area (Å²) in [5.74, 6) is -0.930. The van der Waals surface area contributed by atoms with Gasteiger partial charge in [-0.05, 0) is 29.2 Å². The number of halogens is 2. The molecule has 5 heteroatoms. The van der Waals surface area contributed by atoms with Crippen molar-refractivity contribution in [2.24, 2.45) is 0 Å². The lowest BCUT2D eigenvalue weighted by molar-refractivity contribution is 0.0912. The average Bonchev–Trinajstić information content (AvgIpc) is 2.52. The maximum Gasteiger partial charge on any atom is 0.255 e. The van der Waals surface area contributed by atoms with E-state index in [9.17, 15) is 14.3 Å². The molecule has 2 rings (SSSR count). The van der Waals surface area contributed by atoms with Crippen molar-refractivity contribution in [2.75, 3.05) is 6.54 Å². The first-order chi connectivity index (χ1) is 10.9. The first kappa shape index (κ1) is 17.4. The van der Waals surface area contributed by atoms with Crippen LogP contribution in [0.15, 0.2) is 42.5 Å². The van der Waals surface area contributed by atoms with Crippen LogP contribution in [0, 0.1) is 5.82 Å². The molecular weight excluding hydrogens is 317 g/mol. The Hall–Kier alpha value is -1.91. The van der Waals surface area contributed by atoms with Crippen LogP contribution in [0.4, 0.5) is 4.39 Å². The lowest BCUT2D eigenvalue weighted by Crippen LogP contribution is -2.29. The number of hydrogen-bond donors (Lipinski definition) is 2. The number of benzene rings is 2. The minimum atomic E-state index is -0.870. The topological polar surface area (TPSA) is 49.3 Å². The van der Waals surface area contributed by atoms with Gasteiger partial charge in [0.15, 0.2) is 0 Å². The molecule has 1 amide bonds. The highest BCUT2D eigenvalue weighted by Gasteiger charge is 2.17. The molecule has 0 aliphatic heterocycles. The van der Waals surface area contributed by atoms with Crippen LogP contribution in [0.25, 0.3) is 0 Å². The second-order valence-corrected chi connectivity index (χ2v) is 6.05. The summed E-state index contributed by atoms with van der Waals surface area (Å²) in [4.78, 5) is 12.0. The highest BCUT2D eigenvalue weighted by Crippen LogP contribution is 2.20. The third kappa shape index (κ3) is 4.30. The van der Waals surface area contributed by atoms with Gasteiger partial charge in [-0.3, -0.25) is 4.79 Å². The number of rotatable bonds is 5.